The van der Waals surface area contributed by atoms with Gasteiger partial charge in [0.1, 0.15) is 17.9 Å². The van der Waals surface area contributed by atoms with Crippen LogP contribution >= 0.6 is 22.6 Å². The van der Waals surface area contributed by atoms with Crippen LogP contribution in [-0.4, -0.2) is 59.4 Å². The van der Waals surface area contributed by atoms with E-state index in [1.807, 2.05) is 4.57 Å². The second kappa shape index (κ2) is 9.67. The third-order valence-corrected chi connectivity index (χ3v) is 18.8. The molecule has 4 heterocycles. The fourth-order valence-corrected chi connectivity index (χ4v) is 18.0. The Balaban J connectivity index is 1.77. The number of fused-ring (bicyclic) bond motifs is 2. The van der Waals surface area contributed by atoms with E-state index in [4.69, 9.17) is 23.4 Å². The molecule has 190 valence electrons. The molecule has 34 heavy (non-hydrogen) atoms. The van der Waals surface area contributed by atoms with Crippen molar-refractivity contribution in [1.29, 1.82) is 0 Å². The first-order valence-electron chi connectivity index (χ1n) is 12.2. The topological polar surface area (TPSA) is 107 Å². The molecule has 2 aliphatic rings. The Morgan fingerprint density at radius 1 is 0.971 bits per heavy atom. The van der Waals surface area contributed by atoms with Crippen LogP contribution in [0.2, 0.25) is 22.2 Å². The van der Waals surface area contributed by atoms with Gasteiger partial charge in [0.2, 0.25) is 0 Å². The Morgan fingerprint density at radius 3 is 2.18 bits per heavy atom. The van der Waals surface area contributed by atoms with Gasteiger partial charge in [-0.15, -0.1) is 0 Å². The van der Waals surface area contributed by atoms with Crippen molar-refractivity contribution in [3.8, 4) is 0 Å². The number of rotatable bonds is 5. The molecule has 0 bridgehead atoms. The highest BCUT2D eigenvalue weighted by Gasteiger charge is 2.61. The van der Waals surface area contributed by atoms with Gasteiger partial charge in [-0.3, -0.25) is 4.57 Å². The summed E-state index contributed by atoms with van der Waals surface area (Å²) in [6.07, 6.45) is 2.52. The van der Waals surface area contributed by atoms with Gasteiger partial charge in [0.25, 0.3) is 0 Å². The summed E-state index contributed by atoms with van der Waals surface area (Å²) in [5, 5.41) is 0. The molecule has 0 radical (unpaired) electrons. The Kier molecular flexibility index (Phi) is 7.51. The summed E-state index contributed by atoms with van der Waals surface area (Å²) in [6, 6.07) is 0. The highest BCUT2D eigenvalue weighted by Crippen LogP contribution is 2.49. The number of nitrogens with zero attached hydrogens (tertiary/aromatic N) is 4. The van der Waals surface area contributed by atoms with Crippen molar-refractivity contribution >= 4 is 56.7 Å². The normalized spacial score (nSPS) is 29.2. The van der Waals surface area contributed by atoms with E-state index < -0.39 is 17.1 Å². The molecular weight excluding hydrogens is 581 g/mol. The predicted octanol–water partition coefficient (Wildman–Crippen LogP) is 5.07. The zero-order valence-electron chi connectivity index (χ0n) is 21.4. The van der Waals surface area contributed by atoms with Crippen molar-refractivity contribution in [3.63, 3.8) is 0 Å². The summed E-state index contributed by atoms with van der Waals surface area (Å²) >= 11 is 2.45. The van der Waals surface area contributed by atoms with Crippen LogP contribution < -0.4 is 5.73 Å². The van der Waals surface area contributed by atoms with E-state index in [0.717, 1.165) is 0 Å². The van der Waals surface area contributed by atoms with Crippen LogP contribution in [0.3, 0.4) is 0 Å². The molecule has 4 rings (SSSR count). The number of imidazole rings is 1. The van der Waals surface area contributed by atoms with Gasteiger partial charge in [0.15, 0.2) is 17.7 Å². The van der Waals surface area contributed by atoms with Crippen molar-refractivity contribution in [1.82, 2.24) is 19.5 Å². The van der Waals surface area contributed by atoms with Gasteiger partial charge in [-0.25, -0.2) is 15.0 Å². The Labute approximate surface area is 218 Å². The zero-order valence-corrected chi connectivity index (χ0v) is 25.5. The fraction of sp³-hybridized carbons (Fsp3) is 0.773. The molecule has 0 amide bonds. The number of alkyl halides is 1. The van der Waals surface area contributed by atoms with Crippen LogP contribution in [0.25, 0.3) is 11.2 Å². The maximum Gasteiger partial charge on any atom is 0.335 e. The summed E-state index contributed by atoms with van der Waals surface area (Å²) in [7, 11) is -5.31. The van der Waals surface area contributed by atoms with E-state index in [9.17, 15) is 0 Å². The molecule has 2 fully saturated rings. The third kappa shape index (κ3) is 4.16. The van der Waals surface area contributed by atoms with Crippen LogP contribution in [0.4, 0.5) is 5.82 Å². The molecule has 0 aromatic carbocycles. The van der Waals surface area contributed by atoms with Gasteiger partial charge < -0.3 is 23.4 Å². The van der Waals surface area contributed by atoms with Crippen LogP contribution in [0, 0.1) is 0 Å². The van der Waals surface area contributed by atoms with Gasteiger partial charge in [-0.05, 0) is 22.2 Å². The summed E-state index contributed by atoms with van der Waals surface area (Å²) in [5.74, 6) is 0.362. The van der Waals surface area contributed by atoms with Crippen molar-refractivity contribution < 1.29 is 17.7 Å². The lowest BCUT2D eigenvalue weighted by Crippen LogP contribution is -2.65. The quantitative estimate of drug-likeness (QED) is 0.281. The summed E-state index contributed by atoms with van der Waals surface area (Å²) in [6.45, 7) is 18.3. The lowest BCUT2D eigenvalue weighted by atomic mass is 10.2. The van der Waals surface area contributed by atoms with E-state index in [2.05, 4.69) is 92.9 Å². The standard InChI is InChI=1S/C22H38IN5O4Si2/c1-12(2)33(13(3)4)29-9-16-19(31-34(32-33,14(5)6)15(7)8)17(23)22(30-16)28-11-27-18-20(24)25-10-26-21(18)28/h10-17,19,22H,9H2,1-8H3,(H2,24,25,26)/t16-,17-,19-,22-/m1/s1. The lowest BCUT2D eigenvalue weighted by molar-refractivity contribution is -0.0543. The number of nitrogen functional groups attached to an aromatic ring is 1. The molecule has 0 unspecified atom stereocenters. The molecule has 2 aromatic rings. The number of anilines is 1. The molecule has 12 heteroatoms. The minimum absolute atomic E-state index is 0.0139. The van der Waals surface area contributed by atoms with Crippen molar-refractivity contribution in [3.05, 3.63) is 12.7 Å². The second-order valence-electron chi connectivity index (χ2n) is 10.6. The second-order valence-corrected chi connectivity index (χ2v) is 20.9. The average molecular weight is 620 g/mol. The van der Waals surface area contributed by atoms with E-state index in [1.54, 1.807) is 6.33 Å². The molecule has 0 spiro atoms. The number of halogens is 1. The summed E-state index contributed by atoms with van der Waals surface area (Å²) in [5.41, 5.74) is 8.39. The lowest BCUT2D eigenvalue weighted by Gasteiger charge is -2.51. The van der Waals surface area contributed by atoms with Gasteiger partial charge >= 0.3 is 17.1 Å². The van der Waals surface area contributed by atoms with E-state index in [-0.39, 0.29) is 33.4 Å². The molecule has 9 nitrogen and oxygen atoms in total. The SMILES string of the molecule is CC(C)[Si]1(C(C)C)OC[C@H]2O[C@@H](n3cnc4c(N)ncnc43)[C@H](I)[C@@H]2O[Si](C(C)C)(C(C)C)O1. The highest BCUT2D eigenvalue weighted by molar-refractivity contribution is 14.1. The molecule has 0 saturated carbocycles. The average Bonchev–Trinajstić information content (AvgIpc) is 3.29. The van der Waals surface area contributed by atoms with Crippen LogP contribution in [0.15, 0.2) is 12.7 Å². The molecule has 2 saturated heterocycles. The number of aromatic nitrogens is 4. The van der Waals surface area contributed by atoms with Crippen molar-refractivity contribution in [2.45, 2.75) is 99.9 Å². The van der Waals surface area contributed by atoms with Gasteiger partial charge in [0, 0.05) is 0 Å². The first-order valence-corrected chi connectivity index (χ1v) is 17.4. The minimum Gasteiger partial charge on any atom is -0.414 e. The van der Waals surface area contributed by atoms with Crippen molar-refractivity contribution in [2.75, 3.05) is 12.3 Å². The number of ether oxygens (including phenoxy) is 1. The molecular formula is C22H38IN5O4Si2. The Hall–Kier alpha value is -0.646. The molecule has 4 atom stereocenters. The van der Waals surface area contributed by atoms with E-state index >= 15 is 0 Å². The van der Waals surface area contributed by atoms with Gasteiger partial charge in [-0.2, -0.15) is 0 Å². The first-order chi connectivity index (χ1) is 15.9. The monoisotopic (exact) mass is 619 g/mol. The smallest absolute Gasteiger partial charge is 0.335 e. The Bertz CT molecular complexity index is 1000. The number of hydrogen-bond donors (Lipinski definition) is 1. The highest BCUT2D eigenvalue weighted by atomic mass is 127. The predicted molar refractivity (Wildman–Crippen MR) is 145 cm³/mol. The van der Waals surface area contributed by atoms with Crippen molar-refractivity contribution in [2.24, 2.45) is 0 Å². The van der Waals surface area contributed by atoms with Crippen LogP contribution in [0.5, 0.6) is 0 Å². The first kappa shape index (κ1) is 26.4. The summed E-state index contributed by atoms with van der Waals surface area (Å²) < 4.78 is 30.0. The Morgan fingerprint density at radius 2 is 1.59 bits per heavy atom. The molecule has 2 aliphatic heterocycles. The largest absolute Gasteiger partial charge is 0.414 e. The fourth-order valence-electron chi connectivity index (χ4n) is 5.39. The summed E-state index contributed by atoms with van der Waals surface area (Å²) in [4.78, 5) is 13.0. The number of nitrogens with two attached hydrogens (primary N) is 1. The van der Waals surface area contributed by atoms with E-state index in [0.29, 0.717) is 34.7 Å². The number of hydrogen-bond acceptors (Lipinski definition) is 8. The van der Waals surface area contributed by atoms with Crippen LogP contribution in [0.1, 0.15) is 61.6 Å². The molecule has 2 N–H and O–H groups in total. The zero-order chi connectivity index (χ0) is 25.0. The maximum atomic E-state index is 7.30. The molecule has 0 aliphatic carbocycles. The molecule has 2 aromatic heterocycles. The third-order valence-electron chi connectivity index (χ3n) is 7.26. The minimum atomic E-state index is -2.70. The van der Waals surface area contributed by atoms with Gasteiger partial charge in [-0.1, -0.05) is 78.0 Å². The van der Waals surface area contributed by atoms with Gasteiger partial charge in [0.05, 0.1) is 23.0 Å². The van der Waals surface area contributed by atoms with E-state index in [1.165, 1.54) is 6.33 Å². The maximum absolute atomic E-state index is 7.30. The van der Waals surface area contributed by atoms with Crippen LogP contribution in [-0.2, 0) is 17.7 Å².